The quantitative estimate of drug-likeness (QED) is 0.0443. The number of nitrogens with zero attached hydrogens (tertiary/aromatic N) is 4. The maximum atomic E-state index is 13.3. The molecule has 0 atom stereocenters. The molecule has 1 aliphatic rings. The molecule has 0 saturated carbocycles. The van der Waals surface area contributed by atoms with Crippen LogP contribution in [0.15, 0.2) is 0 Å². The molecule has 1 fully saturated rings. The molecule has 532 valence electrons. The molecule has 4 amide bonds. The van der Waals surface area contributed by atoms with Gasteiger partial charge in [0.2, 0.25) is 23.6 Å². The zero-order valence-corrected chi connectivity index (χ0v) is 60.9. The summed E-state index contributed by atoms with van der Waals surface area (Å²) in [5, 5.41) is 13.0. The molecule has 0 aromatic rings. The van der Waals surface area contributed by atoms with E-state index in [1.54, 1.807) is 0 Å². The number of nitrogens with one attached hydrogen (secondary N) is 4. The number of unbranched alkanes of at least 4 members (excludes halogenated alkanes) is 44. The maximum absolute atomic E-state index is 13.3. The first-order valence-corrected chi connectivity index (χ1v) is 40.3. The summed E-state index contributed by atoms with van der Waals surface area (Å²) in [7, 11) is 0. The van der Waals surface area contributed by atoms with Crippen molar-refractivity contribution in [2.24, 2.45) is 0 Å². The highest BCUT2D eigenvalue weighted by Gasteiger charge is 2.18. The molecular weight excluding hydrogens is 1110 g/mol. The molecule has 0 bridgehead atoms. The molecule has 1 rings (SSSR count). The summed E-state index contributed by atoms with van der Waals surface area (Å²) in [5.74, 6) is 0.587. The summed E-state index contributed by atoms with van der Waals surface area (Å²) < 4.78 is 0. The summed E-state index contributed by atoms with van der Waals surface area (Å²) >= 11 is 0. The smallest absolute Gasteiger partial charge is 0.221 e. The molecule has 0 spiro atoms. The zero-order valence-electron chi connectivity index (χ0n) is 60.9. The lowest BCUT2D eigenvalue weighted by atomic mass is 10.1. The second kappa shape index (κ2) is 69.5. The Labute approximate surface area is 560 Å². The van der Waals surface area contributed by atoms with Gasteiger partial charge >= 0.3 is 0 Å². The van der Waals surface area contributed by atoms with Gasteiger partial charge in [-0.25, -0.2) is 0 Å². The van der Waals surface area contributed by atoms with Crippen LogP contribution in [0.25, 0.3) is 0 Å². The first kappa shape index (κ1) is 85.7. The minimum absolute atomic E-state index is 0.147. The fourth-order valence-corrected chi connectivity index (χ4v) is 13.1. The van der Waals surface area contributed by atoms with Gasteiger partial charge in [0.25, 0.3) is 0 Å². The van der Waals surface area contributed by atoms with Gasteiger partial charge in [0, 0.05) is 104 Å². The minimum atomic E-state index is 0.147. The Bertz CT molecular complexity index is 1320. The molecule has 90 heavy (non-hydrogen) atoms. The second-order valence-corrected chi connectivity index (χ2v) is 28.0. The van der Waals surface area contributed by atoms with Gasteiger partial charge in [-0.15, -0.1) is 0 Å². The average Bonchev–Trinajstić information content (AvgIpc) is 3.74. The van der Waals surface area contributed by atoms with Crippen molar-refractivity contribution in [2.45, 2.75) is 374 Å². The highest BCUT2D eigenvalue weighted by molar-refractivity contribution is 5.77. The van der Waals surface area contributed by atoms with E-state index >= 15 is 0 Å². The largest absolute Gasteiger partial charge is 0.356 e. The lowest BCUT2D eigenvalue weighted by Crippen LogP contribution is -2.43. The third kappa shape index (κ3) is 61.9. The topological polar surface area (TPSA) is 129 Å². The van der Waals surface area contributed by atoms with E-state index < -0.39 is 0 Å². The Hall–Kier alpha value is -2.28. The summed E-state index contributed by atoms with van der Waals surface area (Å²) in [6.07, 6.45) is 66.8. The van der Waals surface area contributed by atoms with E-state index in [0.717, 1.165) is 117 Å². The number of carbonyl (C=O) groups excluding carboxylic acids is 4. The third-order valence-electron chi connectivity index (χ3n) is 19.4. The van der Waals surface area contributed by atoms with E-state index in [0.29, 0.717) is 51.9 Å². The molecule has 0 aliphatic carbocycles. The Balaban J connectivity index is 2.92. The number of carbonyl (C=O) groups is 4. The molecule has 1 aliphatic heterocycles. The van der Waals surface area contributed by atoms with Crippen LogP contribution in [0.4, 0.5) is 0 Å². The highest BCUT2D eigenvalue weighted by atomic mass is 16.2. The van der Waals surface area contributed by atoms with Crippen LogP contribution in [0, 0.1) is 0 Å². The first-order chi connectivity index (χ1) is 44.3. The van der Waals surface area contributed by atoms with Crippen molar-refractivity contribution in [3.63, 3.8) is 0 Å². The van der Waals surface area contributed by atoms with Crippen LogP contribution in [0.1, 0.15) is 374 Å². The van der Waals surface area contributed by atoms with E-state index in [-0.39, 0.29) is 23.6 Å². The standard InChI is InChI=1S/C78H156N8O4/c1-5-9-13-17-21-25-29-33-37-41-45-49-59-79-75(87)55-67-83-63-53-64-85(69-57-77(89)81-61-51-47-43-39-35-31-27-23-19-15-11-7-3)73-74-86(70-58-78(90)82-62-52-48-44-40-36-32-28-24-20-16-12-8-4)66-54-65-84(72-71-83)68-56-76(88)80-60-50-46-42-38-34-30-26-22-18-14-10-6-2/h5-74H2,1-4H3,(H,79,87)(H,80,88)(H,81,89)(H,82,90). The lowest BCUT2D eigenvalue weighted by molar-refractivity contribution is -0.122. The summed E-state index contributed by atoms with van der Waals surface area (Å²) in [4.78, 5) is 63.3. The summed E-state index contributed by atoms with van der Waals surface area (Å²) in [6, 6.07) is 0. The van der Waals surface area contributed by atoms with Crippen molar-refractivity contribution < 1.29 is 19.2 Å². The van der Waals surface area contributed by atoms with Gasteiger partial charge in [-0.3, -0.25) is 19.2 Å². The molecule has 0 unspecified atom stereocenters. The second-order valence-electron chi connectivity index (χ2n) is 28.0. The Morgan fingerprint density at radius 3 is 0.511 bits per heavy atom. The van der Waals surface area contributed by atoms with Crippen LogP contribution in [0.2, 0.25) is 0 Å². The highest BCUT2D eigenvalue weighted by Crippen LogP contribution is 2.17. The van der Waals surface area contributed by atoms with Crippen molar-refractivity contribution in [2.75, 3.05) is 105 Å². The first-order valence-electron chi connectivity index (χ1n) is 40.3. The predicted molar refractivity (Wildman–Crippen MR) is 390 cm³/mol. The molecule has 12 heteroatoms. The van der Waals surface area contributed by atoms with E-state index in [2.05, 4.69) is 68.6 Å². The van der Waals surface area contributed by atoms with Crippen LogP contribution in [-0.4, -0.2) is 148 Å². The van der Waals surface area contributed by atoms with Crippen molar-refractivity contribution in [1.82, 2.24) is 40.9 Å². The molecular formula is C78H156N8O4. The summed E-state index contributed by atoms with van der Waals surface area (Å²) in [5.41, 5.74) is 0. The van der Waals surface area contributed by atoms with Crippen molar-refractivity contribution in [3.05, 3.63) is 0 Å². The van der Waals surface area contributed by atoms with Crippen LogP contribution < -0.4 is 21.3 Å². The SMILES string of the molecule is CCCCCCCCCCCCCCNC(=O)CCN1CCCN(CCC(=O)NCCCCCCCCCCCCCC)CCN(CCC(=O)NCCCCCCCCCCCCCC)CCCN(CCC(=O)NCCCCCCCCCCCCCC)CC1. The maximum Gasteiger partial charge on any atom is 0.221 e. The molecule has 0 aromatic heterocycles. The van der Waals surface area contributed by atoms with E-state index in [4.69, 9.17) is 0 Å². The van der Waals surface area contributed by atoms with Gasteiger partial charge in [-0.1, -0.05) is 310 Å². The number of rotatable bonds is 64. The van der Waals surface area contributed by atoms with Crippen LogP contribution in [0.3, 0.4) is 0 Å². The molecule has 0 radical (unpaired) electrons. The van der Waals surface area contributed by atoms with Crippen LogP contribution in [-0.2, 0) is 19.2 Å². The van der Waals surface area contributed by atoms with E-state index in [1.165, 1.54) is 283 Å². The van der Waals surface area contributed by atoms with Gasteiger partial charge in [-0.2, -0.15) is 0 Å². The van der Waals surface area contributed by atoms with Gasteiger partial charge in [-0.05, 0) is 64.7 Å². The fourth-order valence-electron chi connectivity index (χ4n) is 13.1. The normalized spacial score (nSPS) is 14.4. The van der Waals surface area contributed by atoms with E-state index in [9.17, 15) is 19.2 Å². The van der Waals surface area contributed by atoms with Crippen molar-refractivity contribution in [3.8, 4) is 0 Å². The Morgan fingerprint density at radius 1 is 0.211 bits per heavy atom. The fraction of sp³-hybridized carbons (Fsp3) is 0.949. The van der Waals surface area contributed by atoms with Crippen LogP contribution >= 0.6 is 0 Å². The third-order valence-corrected chi connectivity index (χ3v) is 19.4. The molecule has 1 heterocycles. The van der Waals surface area contributed by atoms with Gasteiger partial charge in [0.05, 0.1) is 0 Å². The average molecular weight is 1270 g/mol. The Kier molecular flexibility index (Phi) is 66.2. The zero-order chi connectivity index (χ0) is 64.9. The van der Waals surface area contributed by atoms with Crippen molar-refractivity contribution in [1.29, 1.82) is 0 Å². The van der Waals surface area contributed by atoms with Gasteiger partial charge < -0.3 is 40.9 Å². The van der Waals surface area contributed by atoms with Gasteiger partial charge in [0.15, 0.2) is 0 Å². The predicted octanol–water partition coefficient (Wildman–Crippen LogP) is 18.8. The molecule has 0 aromatic carbocycles. The van der Waals surface area contributed by atoms with Crippen molar-refractivity contribution >= 4 is 23.6 Å². The molecule has 1 saturated heterocycles. The summed E-state index contributed by atoms with van der Waals surface area (Å²) in [6.45, 7) is 21.9. The van der Waals surface area contributed by atoms with E-state index in [1.807, 2.05) is 0 Å². The van der Waals surface area contributed by atoms with Gasteiger partial charge in [0.1, 0.15) is 0 Å². The molecule has 12 nitrogen and oxygen atoms in total. The minimum Gasteiger partial charge on any atom is -0.356 e. The lowest BCUT2D eigenvalue weighted by Gasteiger charge is -2.32. The number of amides is 4. The number of hydrogen-bond acceptors (Lipinski definition) is 8. The monoisotopic (exact) mass is 1270 g/mol. The number of hydrogen-bond donors (Lipinski definition) is 4. The molecule has 4 N–H and O–H groups in total. The van der Waals surface area contributed by atoms with Crippen LogP contribution in [0.5, 0.6) is 0 Å². The Morgan fingerprint density at radius 2 is 0.356 bits per heavy atom.